The number of alkyl halides is 3. The fourth-order valence-electron chi connectivity index (χ4n) is 1.97. The van der Waals surface area contributed by atoms with E-state index in [1.54, 1.807) is 0 Å². The zero-order valence-corrected chi connectivity index (χ0v) is 13.6. The quantitative estimate of drug-likeness (QED) is 0.552. The Kier molecular flexibility index (Phi) is 4.82. The minimum absolute atomic E-state index is 0.263. The molecule has 0 N–H and O–H groups in total. The summed E-state index contributed by atoms with van der Waals surface area (Å²) in [6.07, 6.45) is -4.49. The van der Waals surface area contributed by atoms with Crippen molar-refractivity contribution in [3.63, 3.8) is 0 Å². The molecule has 8 heteroatoms. The highest BCUT2D eigenvalue weighted by Crippen LogP contribution is 2.37. The van der Waals surface area contributed by atoms with Crippen LogP contribution in [-0.4, -0.2) is 10.2 Å². The molecule has 0 aliphatic rings. The lowest BCUT2D eigenvalue weighted by atomic mass is 10.2. The zero-order chi connectivity index (χ0) is 17.2. The van der Waals surface area contributed by atoms with Crippen LogP contribution >= 0.6 is 23.4 Å². The van der Waals surface area contributed by atoms with E-state index in [2.05, 4.69) is 10.2 Å². The lowest BCUT2D eigenvalue weighted by molar-refractivity contribution is -0.137. The fraction of sp³-hybridized carbons (Fsp3) is 0.125. The molecular formula is C16H10ClF3N2OS. The summed E-state index contributed by atoms with van der Waals surface area (Å²) in [5.74, 6) is 0.972. The molecule has 2 aromatic carbocycles. The van der Waals surface area contributed by atoms with E-state index >= 15 is 0 Å². The average Bonchev–Trinajstić information content (AvgIpc) is 3.03. The van der Waals surface area contributed by atoms with Crippen LogP contribution in [0.1, 0.15) is 11.5 Å². The first-order valence-electron chi connectivity index (χ1n) is 6.81. The maximum atomic E-state index is 12.8. The van der Waals surface area contributed by atoms with Crippen LogP contribution in [0, 0.1) is 0 Å². The Hall–Kier alpha value is -1.99. The van der Waals surface area contributed by atoms with Gasteiger partial charge in [0.05, 0.1) is 16.3 Å². The summed E-state index contributed by atoms with van der Waals surface area (Å²) in [5, 5.41) is 7.53. The van der Waals surface area contributed by atoms with Gasteiger partial charge in [-0.2, -0.15) is 13.2 Å². The number of rotatable bonds is 4. The van der Waals surface area contributed by atoms with Crippen LogP contribution in [0.5, 0.6) is 0 Å². The maximum absolute atomic E-state index is 12.8. The monoisotopic (exact) mass is 370 g/mol. The zero-order valence-electron chi connectivity index (χ0n) is 12.0. The van der Waals surface area contributed by atoms with E-state index in [-0.39, 0.29) is 10.8 Å². The minimum atomic E-state index is -4.49. The van der Waals surface area contributed by atoms with Crippen LogP contribution in [-0.2, 0) is 11.9 Å². The molecule has 0 fully saturated rings. The summed E-state index contributed by atoms with van der Waals surface area (Å²) in [6.45, 7) is 0. The third-order valence-electron chi connectivity index (χ3n) is 3.09. The number of nitrogens with zero attached hydrogens (tertiary/aromatic N) is 2. The Morgan fingerprint density at radius 2 is 1.79 bits per heavy atom. The van der Waals surface area contributed by atoms with E-state index in [4.69, 9.17) is 16.0 Å². The molecule has 0 unspecified atom stereocenters. The van der Waals surface area contributed by atoms with Crippen LogP contribution < -0.4 is 0 Å². The minimum Gasteiger partial charge on any atom is -0.420 e. The number of thioether (sulfide) groups is 1. The molecule has 124 valence electrons. The van der Waals surface area contributed by atoms with Crippen LogP contribution in [0.4, 0.5) is 13.2 Å². The lowest BCUT2D eigenvalue weighted by Gasteiger charge is -2.10. The molecule has 0 radical (unpaired) electrons. The number of benzene rings is 2. The molecule has 1 aromatic heterocycles. The molecule has 0 atom stereocenters. The van der Waals surface area contributed by atoms with Crippen molar-refractivity contribution in [2.24, 2.45) is 0 Å². The molecule has 0 bridgehead atoms. The molecule has 1 heterocycles. The van der Waals surface area contributed by atoms with Crippen molar-refractivity contribution in [1.82, 2.24) is 10.2 Å². The van der Waals surface area contributed by atoms with Crippen molar-refractivity contribution >= 4 is 23.4 Å². The summed E-state index contributed by atoms with van der Waals surface area (Å²) in [5.41, 5.74) is -0.0724. The summed E-state index contributed by atoms with van der Waals surface area (Å²) >= 11 is 6.77. The van der Waals surface area contributed by atoms with Crippen molar-refractivity contribution in [3.05, 3.63) is 65.0 Å². The Labute approximate surface area is 144 Å². The third-order valence-corrected chi connectivity index (χ3v) is 4.40. The second-order valence-corrected chi connectivity index (χ2v) is 6.25. The van der Waals surface area contributed by atoms with E-state index in [1.165, 1.54) is 23.9 Å². The van der Waals surface area contributed by atoms with Gasteiger partial charge in [-0.05, 0) is 30.3 Å². The second kappa shape index (κ2) is 6.86. The predicted octanol–water partition coefficient (Wildman–Crippen LogP) is 5.70. The molecule has 0 spiro atoms. The van der Waals surface area contributed by atoms with E-state index in [9.17, 15) is 13.2 Å². The van der Waals surface area contributed by atoms with E-state index in [1.807, 2.05) is 30.3 Å². The SMILES string of the molecule is FC(F)(F)c1cc(SCc2nnc(-c3ccccc3)o2)ccc1Cl. The van der Waals surface area contributed by atoms with Gasteiger partial charge in [0.15, 0.2) is 0 Å². The van der Waals surface area contributed by atoms with Gasteiger partial charge in [-0.15, -0.1) is 22.0 Å². The van der Waals surface area contributed by atoms with Gasteiger partial charge in [0, 0.05) is 10.5 Å². The normalized spacial score (nSPS) is 11.7. The molecule has 3 aromatic rings. The number of hydrogen-bond donors (Lipinski definition) is 0. The third kappa shape index (κ3) is 3.91. The number of hydrogen-bond acceptors (Lipinski definition) is 4. The van der Waals surface area contributed by atoms with Gasteiger partial charge in [0.1, 0.15) is 0 Å². The summed E-state index contributed by atoms with van der Waals surface area (Å²) in [6, 6.07) is 13.0. The molecule has 0 amide bonds. The smallest absolute Gasteiger partial charge is 0.417 e. The van der Waals surface area contributed by atoms with Gasteiger partial charge < -0.3 is 4.42 Å². The Morgan fingerprint density at radius 3 is 2.50 bits per heavy atom. The average molecular weight is 371 g/mol. The Balaban J connectivity index is 1.72. The Bertz CT molecular complexity index is 837. The van der Waals surface area contributed by atoms with Gasteiger partial charge in [0.25, 0.3) is 0 Å². The van der Waals surface area contributed by atoms with Crippen LogP contribution in [0.25, 0.3) is 11.5 Å². The van der Waals surface area contributed by atoms with Gasteiger partial charge in [0.2, 0.25) is 11.8 Å². The molecule has 3 nitrogen and oxygen atoms in total. The first kappa shape index (κ1) is 16.9. The number of aromatic nitrogens is 2. The Morgan fingerprint density at radius 1 is 1.04 bits per heavy atom. The fourth-order valence-corrected chi connectivity index (χ4v) is 2.96. The van der Waals surface area contributed by atoms with Crippen molar-refractivity contribution in [1.29, 1.82) is 0 Å². The van der Waals surface area contributed by atoms with Crippen LogP contribution in [0.15, 0.2) is 57.8 Å². The van der Waals surface area contributed by atoms with E-state index < -0.39 is 11.7 Å². The van der Waals surface area contributed by atoms with Crippen molar-refractivity contribution in [2.75, 3.05) is 0 Å². The van der Waals surface area contributed by atoms with Gasteiger partial charge >= 0.3 is 6.18 Å². The van der Waals surface area contributed by atoms with E-state index in [0.29, 0.717) is 16.7 Å². The first-order valence-corrected chi connectivity index (χ1v) is 8.17. The van der Waals surface area contributed by atoms with Gasteiger partial charge in [-0.25, -0.2) is 0 Å². The highest BCUT2D eigenvalue weighted by Gasteiger charge is 2.33. The van der Waals surface area contributed by atoms with Crippen molar-refractivity contribution in [3.8, 4) is 11.5 Å². The molecule has 0 saturated carbocycles. The lowest BCUT2D eigenvalue weighted by Crippen LogP contribution is -2.05. The standard InChI is InChI=1S/C16H10ClF3N2OS/c17-13-7-6-11(8-12(13)16(18,19)20)24-9-14-21-22-15(23-14)10-4-2-1-3-5-10/h1-8H,9H2. The summed E-state index contributed by atoms with van der Waals surface area (Å²) in [4.78, 5) is 0.422. The largest absolute Gasteiger partial charge is 0.420 e. The van der Waals surface area contributed by atoms with Crippen LogP contribution in [0.3, 0.4) is 0 Å². The molecule has 24 heavy (non-hydrogen) atoms. The van der Waals surface area contributed by atoms with Gasteiger partial charge in [-0.1, -0.05) is 29.8 Å². The molecule has 3 rings (SSSR count). The van der Waals surface area contributed by atoms with Crippen molar-refractivity contribution < 1.29 is 17.6 Å². The summed E-state index contributed by atoms with van der Waals surface area (Å²) in [7, 11) is 0. The molecule has 0 saturated heterocycles. The molecular weight excluding hydrogens is 361 g/mol. The summed E-state index contributed by atoms with van der Waals surface area (Å²) < 4.78 is 44.1. The van der Waals surface area contributed by atoms with Gasteiger partial charge in [-0.3, -0.25) is 0 Å². The van der Waals surface area contributed by atoms with Crippen LogP contribution in [0.2, 0.25) is 5.02 Å². The first-order chi connectivity index (χ1) is 11.4. The number of halogens is 4. The molecule has 0 aliphatic carbocycles. The van der Waals surface area contributed by atoms with E-state index in [0.717, 1.165) is 11.6 Å². The highest BCUT2D eigenvalue weighted by molar-refractivity contribution is 7.98. The highest BCUT2D eigenvalue weighted by atomic mass is 35.5. The maximum Gasteiger partial charge on any atom is 0.417 e. The second-order valence-electron chi connectivity index (χ2n) is 4.80. The van der Waals surface area contributed by atoms with Crippen molar-refractivity contribution in [2.45, 2.75) is 16.8 Å². The molecule has 0 aliphatic heterocycles. The predicted molar refractivity (Wildman–Crippen MR) is 85.7 cm³/mol. The topological polar surface area (TPSA) is 38.9 Å².